The maximum Gasteiger partial charge on any atom is 0.201 e. The van der Waals surface area contributed by atoms with E-state index in [9.17, 15) is 5.11 Å². The van der Waals surface area contributed by atoms with Crippen LogP contribution in [-0.2, 0) is 12.8 Å². The van der Waals surface area contributed by atoms with Crippen molar-refractivity contribution in [2.45, 2.75) is 18.9 Å². The smallest absolute Gasteiger partial charge is 0.201 e. The average molecular weight is 297 g/mol. The normalized spacial score (nSPS) is 18.4. The van der Waals surface area contributed by atoms with Crippen molar-refractivity contribution in [3.63, 3.8) is 0 Å². The van der Waals surface area contributed by atoms with E-state index in [1.54, 1.807) is 14.2 Å². The van der Waals surface area contributed by atoms with Crippen molar-refractivity contribution in [3.8, 4) is 28.4 Å². The number of aromatic hydroxyl groups is 1. The van der Waals surface area contributed by atoms with Crippen LogP contribution in [0.4, 0.5) is 0 Å². The quantitative estimate of drug-likeness (QED) is 0.895. The van der Waals surface area contributed by atoms with Gasteiger partial charge in [-0.3, -0.25) is 0 Å². The van der Waals surface area contributed by atoms with Crippen molar-refractivity contribution in [2.24, 2.45) is 0 Å². The SMILES string of the molecule is COc1c(O)c(OC)c2c3c1CCNC3Cc1ccccc1-2. The summed E-state index contributed by atoms with van der Waals surface area (Å²) in [6.07, 6.45) is 1.80. The standard InChI is InChI=1S/C18H19NO3/c1-21-17-12-7-8-19-13-9-10-5-3-4-6-11(10)15(14(12)13)18(22-2)16(17)20/h3-6,13,19-20H,7-9H2,1-2H3. The van der Waals surface area contributed by atoms with Gasteiger partial charge < -0.3 is 19.9 Å². The van der Waals surface area contributed by atoms with Gasteiger partial charge in [-0.15, -0.1) is 0 Å². The average Bonchev–Trinajstić information content (AvgIpc) is 2.55. The first kappa shape index (κ1) is 13.5. The molecule has 1 unspecified atom stereocenters. The van der Waals surface area contributed by atoms with Gasteiger partial charge in [-0.2, -0.15) is 0 Å². The van der Waals surface area contributed by atoms with Crippen molar-refractivity contribution >= 4 is 0 Å². The topological polar surface area (TPSA) is 50.7 Å². The molecule has 4 heteroatoms. The van der Waals surface area contributed by atoms with Gasteiger partial charge in [0.2, 0.25) is 5.75 Å². The number of benzene rings is 2. The molecule has 1 heterocycles. The van der Waals surface area contributed by atoms with Crippen LogP contribution in [0.5, 0.6) is 17.2 Å². The largest absolute Gasteiger partial charge is 0.502 e. The zero-order valence-corrected chi connectivity index (χ0v) is 12.8. The van der Waals surface area contributed by atoms with Crippen LogP contribution in [0.3, 0.4) is 0 Å². The van der Waals surface area contributed by atoms with Gasteiger partial charge in [-0.1, -0.05) is 24.3 Å². The highest BCUT2D eigenvalue weighted by atomic mass is 16.5. The third kappa shape index (κ3) is 1.67. The summed E-state index contributed by atoms with van der Waals surface area (Å²) in [6, 6.07) is 8.59. The summed E-state index contributed by atoms with van der Waals surface area (Å²) in [5.74, 6) is 1.18. The van der Waals surface area contributed by atoms with E-state index in [1.165, 1.54) is 11.1 Å². The highest BCUT2D eigenvalue weighted by Crippen LogP contribution is 2.54. The minimum atomic E-state index is 0.108. The van der Waals surface area contributed by atoms with E-state index in [1.807, 2.05) is 6.07 Å². The zero-order chi connectivity index (χ0) is 15.3. The van der Waals surface area contributed by atoms with Gasteiger partial charge in [0.05, 0.1) is 14.2 Å². The highest BCUT2D eigenvalue weighted by molar-refractivity contribution is 5.85. The molecule has 0 fully saturated rings. The van der Waals surface area contributed by atoms with E-state index >= 15 is 0 Å². The molecule has 0 amide bonds. The summed E-state index contributed by atoms with van der Waals surface area (Å²) in [5.41, 5.74) is 5.76. The minimum absolute atomic E-state index is 0.108. The van der Waals surface area contributed by atoms with Crippen LogP contribution in [0.2, 0.25) is 0 Å². The summed E-state index contributed by atoms with van der Waals surface area (Å²) in [7, 11) is 3.20. The van der Waals surface area contributed by atoms with Crippen LogP contribution in [0.15, 0.2) is 24.3 Å². The molecule has 1 aliphatic heterocycles. The molecule has 2 aromatic rings. The van der Waals surface area contributed by atoms with Gasteiger partial charge in [-0.25, -0.2) is 0 Å². The summed E-state index contributed by atoms with van der Waals surface area (Å²) in [6.45, 7) is 0.890. The molecule has 0 spiro atoms. The molecule has 4 nitrogen and oxygen atoms in total. The molecule has 2 aliphatic rings. The van der Waals surface area contributed by atoms with E-state index in [0.717, 1.165) is 36.1 Å². The highest BCUT2D eigenvalue weighted by Gasteiger charge is 2.36. The number of methoxy groups -OCH3 is 2. The van der Waals surface area contributed by atoms with Crippen molar-refractivity contribution < 1.29 is 14.6 Å². The maximum atomic E-state index is 10.6. The van der Waals surface area contributed by atoms with Crippen molar-refractivity contribution in [2.75, 3.05) is 20.8 Å². The molecule has 0 saturated carbocycles. The Labute approximate surface area is 129 Å². The number of ether oxygens (including phenoxy) is 2. The Hall–Kier alpha value is -2.20. The van der Waals surface area contributed by atoms with E-state index in [2.05, 4.69) is 23.5 Å². The summed E-state index contributed by atoms with van der Waals surface area (Å²) < 4.78 is 11.0. The molecular weight excluding hydrogens is 278 g/mol. The van der Waals surface area contributed by atoms with E-state index < -0.39 is 0 Å². The molecule has 0 aromatic heterocycles. The number of phenolic OH excluding ortho intramolecular Hbond substituents is 1. The van der Waals surface area contributed by atoms with Crippen LogP contribution in [0.25, 0.3) is 11.1 Å². The summed E-state index contributed by atoms with van der Waals surface area (Å²) >= 11 is 0. The Bertz CT molecular complexity index is 754. The van der Waals surface area contributed by atoms with Gasteiger partial charge in [0.1, 0.15) is 0 Å². The molecule has 2 N–H and O–H groups in total. The number of rotatable bonds is 2. The Morgan fingerprint density at radius 1 is 1.14 bits per heavy atom. The molecule has 1 aliphatic carbocycles. The monoisotopic (exact) mass is 297 g/mol. The fourth-order valence-electron chi connectivity index (χ4n) is 3.89. The van der Waals surface area contributed by atoms with E-state index in [4.69, 9.17) is 9.47 Å². The second-order valence-corrected chi connectivity index (χ2v) is 5.80. The van der Waals surface area contributed by atoms with Crippen LogP contribution in [-0.4, -0.2) is 25.9 Å². The number of hydrogen-bond donors (Lipinski definition) is 2. The van der Waals surface area contributed by atoms with E-state index in [-0.39, 0.29) is 11.8 Å². The van der Waals surface area contributed by atoms with E-state index in [0.29, 0.717) is 11.5 Å². The third-order valence-electron chi connectivity index (χ3n) is 4.76. The number of phenols is 1. The lowest BCUT2D eigenvalue weighted by atomic mass is 9.77. The fourth-order valence-corrected chi connectivity index (χ4v) is 3.89. The predicted octanol–water partition coefficient (Wildman–Crippen LogP) is 2.82. The molecule has 0 bridgehead atoms. The molecule has 1 atom stereocenters. The molecular formula is C18H19NO3. The number of fused-ring (bicyclic) bond motifs is 2. The van der Waals surface area contributed by atoms with Crippen LogP contribution in [0.1, 0.15) is 22.7 Å². The Kier molecular flexibility index (Phi) is 3.01. The fraction of sp³-hybridized carbons (Fsp3) is 0.333. The summed E-state index contributed by atoms with van der Waals surface area (Å²) in [5, 5.41) is 14.2. The molecule has 22 heavy (non-hydrogen) atoms. The summed E-state index contributed by atoms with van der Waals surface area (Å²) in [4.78, 5) is 0. The second-order valence-electron chi connectivity index (χ2n) is 5.80. The maximum absolute atomic E-state index is 10.6. The zero-order valence-electron chi connectivity index (χ0n) is 12.8. The lowest BCUT2D eigenvalue weighted by Gasteiger charge is -2.36. The number of nitrogens with one attached hydrogen (secondary N) is 1. The first-order chi connectivity index (χ1) is 10.8. The van der Waals surface area contributed by atoms with Crippen molar-refractivity contribution in [1.29, 1.82) is 0 Å². The van der Waals surface area contributed by atoms with Crippen LogP contribution >= 0.6 is 0 Å². The van der Waals surface area contributed by atoms with Crippen molar-refractivity contribution in [3.05, 3.63) is 41.0 Å². The second kappa shape index (κ2) is 4.92. The van der Waals surface area contributed by atoms with Gasteiger partial charge in [-0.05, 0) is 36.1 Å². The first-order valence-electron chi connectivity index (χ1n) is 7.57. The van der Waals surface area contributed by atoms with Crippen LogP contribution in [0, 0.1) is 0 Å². The lowest BCUT2D eigenvalue weighted by Crippen LogP contribution is -2.34. The minimum Gasteiger partial charge on any atom is -0.502 e. The molecule has 114 valence electrons. The van der Waals surface area contributed by atoms with Gasteiger partial charge in [0, 0.05) is 17.2 Å². The van der Waals surface area contributed by atoms with Crippen molar-refractivity contribution in [1.82, 2.24) is 5.32 Å². The Morgan fingerprint density at radius 2 is 1.91 bits per heavy atom. The molecule has 0 saturated heterocycles. The predicted molar refractivity (Wildman–Crippen MR) is 84.8 cm³/mol. The first-order valence-corrected chi connectivity index (χ1v) is 7.57. The lowest BCUT2D eigenvalue weighted by molar-refractivity contribution is 0.332. The third-order valence-corrected chi connectivity index (χ3v) is 4.76. The van der Waals surface area contributed by atoms with Gasteiger partial charge in [0.25, 0.3) is 0 Å². The molecule has 0 radical (unpaired) electrons. The van der Waals surface area contributed by atoms with Crippen LogP contribution < -0.4 is 14.8 Å². The van der Waals surface area contributed by atoms with Gasteiger partial charge in [0.15, 0.2) is 11.5 Å². The Balaban J connectivity index is 2.13. The molecule has 2 aromatic carbocycles. The van der Waals surface area contributed by atoms with Gasteiger partial charge >= 0.3 is 0 Å². The Morgan fingerprint density at radius 3 is 2.68 bits per heavy atom. The number of hydrogen-bond acceptors (Lipinski definition) is 4. The molecule has 4 rings (SSSR count).